The summed E-state index contributed by atoms with van der Waals surface area (Å²) in [7, 11) is 0. The van der Waals surface area contributed by atoms with Crippen LogP contribution in [0.15, 0.2) is 84.4 Å². The summed E-state index contributed by atoms with van der Waals surface area (Å²) in [6.45, 7) is 0.0908. The van der Waals surface area contributed by atoms with Crippen LogP contribution in [-0.2, 0) is 17.6 Å². The number of fused-ring (bicyclic) bond motifs is 1. The predicted molar refractivity (Wildman–Crippen MR) is 138 cm³/mol. The van der Waals surface area contributed by atoms with E-state index in [0.29, 0.717) is 32.3 Å². The van der Waals surface area contributed by atoms with Gasteiger partial charge in [-0.15, -0.1) is 0 Å². The molecule has 0 aliphatic heterocycles. The highest BCUT2D eigenvalue weighted by molar-refractivity contribution is 6.35. The SMILES string of the molecule is N#CC(=Cc1c(OCc2ccc(Cl)cc2Cl)ccc2ccccc12)C(=O)Nc1cccc(C(F)(F)F)c1. The molecule has 0 atom stereocenters. The van der Waals surface area contributed by atoms with Gasteiger partial charge in [-0.05, 0) is 53.2 Å². The van der Waals surface area contributed by atoms with Crippen LogP contribution in [0.4, 0.5) is 18.9 Å². The van der Waals surface area contributed by atoms with Crippen LogP contribution in [0, 0.1) is 11.3 Å². The van der Waals surface area contributed by atoms with Gasteiger partial charge in [0, 0.05) is 26.9 Å². The van der Waals surface area contributed by atoms with E-state index in [4.69, 9.17) is 27.9 Å². The summed E-state index contributed by atoms with van der Waals surface area (Å²) in [5.41, 5.74) is -0.190. The molecule has 186 valence electrons. The van der Waals surface area contributed by atoms with E-state index in [1.54, 1.807) is 30.3 Å². The molecule has 4 aromatic carbocycles. The zero-order chi connectivity index (χ0) is 26.6. The molecule has 4 nitrogen and oxygen atoms in total. The molecule has 0 spiro atoms. The van der Waals surface area contributed by atoms with Crippen LogP contribution in [0.1, 0.15) is 16.7 Å². The zero-order valence-corrected chi connectivity index (χ0v) is 20.5. The molecular formula is C28H17Cl2F3N2O2. The van der Waals surface area contributed by atoms with Gasteiger partial charge >= 0.3 is 6.18 Å². The van der Waals surface area contributed by atoms with Crippen LogP contribution in [0.2, 0.25) is 10.0 Å². The number of ether oxygens (including phenoxy) is 1. The first-order chi connectivity index (χ1) is 17.7. The number of benzene rings is 4. The zero-order valence-electron chi connectivity index (χ0n) is 18.9. The van der Waals surface area contributed by atoms with E-state index < -0.39 is 17.6 Å². The first kappa shape index (κ1) is 26.1. The highest BCUT2D eigenvalue weighted by Gasteiger charge is 2.30. The van der Waals surface area contributed by atoms with E-state index in [1.807, 2.05) is 30.3 Å². The molecule has 0 aliphatic carbocycles. The van der Waals surface area contributed by atoms with Gasteiger partial charge in [0.25, 0.3) is 5.91 Å². The van der Waals surface area contributed by atoms with Crippen molar-refractivity contribution in [3.8, 4) is 11.8 Å². The number of hydrogen-bond acceptors (Lipinski definition) is 3. The van der Waals surface area contributed by atoms with Gasteiger partial charge in [-0.3, -0.25) is 4.79 Å². The third-order valence-electron chi connectivity index (χ3n) is 5.43. The lowest BCUT2D eigenvalue weighted by atomic mass is 10.0. The number of amides is 1. The molecule has 0 saturated heterocycles. The summed E-state index contributed by atoms with van der Waals surface area (Å²) in [5, 5.41) is 14.5. The van der Waals surface area contributed by atoms with Crippen LogP contribution in [0.3, 0.4) is 0 Å². The molecule has 0 aromatic heterocycles. The minimum atomic E-state index is -4.57. The van der Waals surface area contributed by atoms with Crippen LogP contribution in [-0.4, -0.2) is 5.91 Å². The molecule has 0 unspecified atom stereocenters. The molecule has 1 N–H and O–H groups in total. The second-order valence-corrected chi connectivity index (χ2v) is 8.77. The molecule has 1 amide bonds. The fourth-order valence-corrected chi connectivity index (χ4v) is 4.07. The predicted octanol–water partition coefficient (Wildman–Crippen LogP) is 8.29. The van der Waals surface area contributed by atoms with Gasteiger partial charge in [0.2, 0.25) is 0 Å². The molecule has 37 heavy (non-hydrogen) atoms. The molecule has 0 fully saturated rings. The average molecular weight is 541 g/mol. The second kappa shape index (κ2) is 11.0. The van der Waals surface area contributed by atoms with Gasteiger partial charge in [0.15, 0.2) is 0 Å². The fraction of sp³-hybridized carbons (Fsp3) is 0.0714. The number of carbonyl (C=O) groups excluding carboxylic acids is 1. The molecule has 4 aromatic rings. The third kappa shape index (κ3) is 6.23. The van der Waals surface area contributed by atoms with Crippen LogP contribution < -0.4 is 10.1 Å². The van der Waals surface area contributed by atoms with Crippen molar-refractivity contribution in [2.45, 2.75) is 12.8 Å². The Bertz CT molecular complexity index is 1560. The topological polar surface area (TPSA) is 62.1 Å². The van der Waals surface area contributed by atoms with E-state index >= 15 is 0 Å². The molecule has 0 radical (unpaired) electrons. The van der Waals surface area contributed by atoms with Gasteiger partial charge in [-0.1, -0.05) is 65.7 Å². The second-order valence-electron chi connectivity index (χ2n) is 7.93. The smallest absolute Gasteiger partial charge is 0.416 e. The summed E-state index contributed by atoms with van der Waals surface area (Å²) >= 11 is 12.2. The van der Waals surface area contributed by atoms with Crippen molar-refractivity contribution in [1.29, 1.82) is 5.26 Å². The molecule has 4 rings (SSSR count). The number of rotatable bonds is 6. The summed E-state index contributed by atoms with van der Waals surface area (Å²) in [5.74, 6) is -0.481. The lowest BCUT2D eigenvalue weighted by molar-refractivity contribution is -0.137. The Morgan fingerprint density at radius 2 is 1.78 bits per heavy atom. The maximum absolute atomic E-state index is 13.0. The third-order valence-corrected chi connectivity index (χ3v) is 6.02. The van der Waals surface area contributed by atoms with E-state index in [2.05, 4.69) is 5.32 Å². The number of anilines is 1. The quantitative estimate of drug-likeness (QED) is 0.197. The maximum atomic E-state index is 13.0. The largest absolute Gasteiger partial charge is 0.488 e. The van der Waals surface area contributed by atoms with Crippen molar-refractivity contribution in [3.63, 3.8) is 0 Å². The number of alkyl halides is 3. The summed E-state index contributed by atoms with van der Waals surface area (Å²) in [6.07, 6.45) is -3.22. The van der Waals surface area contributed by atoms with Gasteiger partial charge < -0.3 is 10.1 Å². The Labute approximate surface area is 220 Å². The first-order valence-corrected chi connectivity index (χ1v) is 11.6. The monoisotopic (exact) mass is 540 g/mol. The van der Waals surface area contributed by atoms with E-state index in [0.717, 1.165) is 17.5 Å². The summed E-state index contributed by atoms with van der Waals surface area (Å²) < 4.78 is 45.1. The maximum Gasteiger partial charge on any atom is 0.416 e. The average Bonchev–Trinajstić information content (AvgIpc) is 2.86. The van der Waals surface area contributed by atoms with Crippen molar-refractivity contribution in [1.82, 2.24) is 0 Å². The van der Waals surface area contributed by atoms with E-state index in [-0.39, 0.29) is 17.9 Å². The number of nitrogens with zero attached hydrogens (tertiary/aromatic N) is 1. The minimum absolute atomic E-state index is 0.0900. The lowest BCUT2D eigenvalue weighted by Crippen LogP contribution is -2.14. The normalized spacial score (nSPS) is 11.7. The first-order valence-electron chi connectivity index (χ1n) is 10.8. The van der Waals surface area contributed by atoms with Crippen molar-refractivity contribution in [2.24, 2.45) is 0 Å². The van der Waals surface area contributed by atoms with Gasteiger partial charge in [-0.2, -0.15) is 18.4 Å². The molecule has 9 heteroatoms. The number of nitrogens with one attached hydrogen (secondary N) is 1. The highest BCUT2D eigenvalue weighted by Crippen LogP contribution is 2.33. The summed E-state index contributed by atoms with van der Waals surface area (Å²) in [6, 6.07) is 21.9. The van der Waals surface area contributed by atoms with Crippen LogP contribution >= 0.6 is 23.2 Å². The van der Waals surface area contributed by atoms with Gasteiger partial charge in [-0.25, -0.2) is 0 Å². The van der Waals surface area contributed by atoms with Crippen molar-refractivity contribution < 1.29 is 22.7 Å². The number of halogens is 5. The van der Waals surface area contributed by atoms with Crippen molar-refractivity contribution >= 4 is 51.6 Å². The molecule has 0 saturated carbocycles. The van der Waals surface area contributed by atoms with Crippen molar-refractivity contribution in [2.75, 3.05) is 5.32 Å². The van der Waals surface area contributed by atoms with Gasteiger partial charge in [0.05, 0.1) is 5.56 Å². The standard InChI is InChI=1S/C28H17Cl2F3N2O2/c29-21-10-8-18(25(30)14-21)16-37-26-11-9-17-4-1-2-7-23(17)24(26)12-19(15-34)27(36)35-22-6-3-5-20(13-22)28(31,32)33/h1-14H,16H2,(H,35,36). The fourth-order valence-electron chi connectivity index (χ4n) is 3.61. The molecule has 0 aliphatic rings. The minimum Gasteiger partial charge on any atom is -0.488 e. The highest BCUT2D eigenvalue weighted by atomic mass is 35.5. The van der Waals surface area contributed by atoms with E-state index in [9.17, 15) is 23.2 Å². The molecule has 0 heterocycles. The van der Waals surface area contributed by atoms with Crippen LogP contribution in [0.5, 0.6) is 5.75 Å². The number of nitriles is 1. The van der Waals surface area contributed by atoms with Crippen LogP contribution in [0.25, 0.3) is 16.8 Å². The number of hydrogen-bond donors (Lipinski definition) is 1. The van der Waals surface area contributed by atoms with Crippen molar-refractivity contribution in [3.05, 3.63) is 111 Å². The number of carbonyl (C=O) groups is 1. The Kier molecular flexibility index (Phi) is 7.72. The Balaban J connectivity index is 1.69. The molecule has 0 bridgehead atoms. The summed E-state index contributed by atoms with van der Waals surface area (Å²) in [4.78, 5) is 12.9. The van der Waals surface area contributed by atoms with Gasteiger partial charge in [0.1, 0.15) is 24.0 Å². The Morgan fingerprint density at radius 1 is 1.00 bits per heavy atom. The Morgan fingerprint density at radius 3 is 2.51 bits per heavy atom. The lowest BCUT2D eigenvalue weighted by Gasteiger charge is -2.14. The molecular weight excluding hydrogens is 524 g/mol. The Hall–Kier alpha value is -3.99. The van der Waals surface area contributed by atoms with E-state index in [1.165, 1.54) is 18.2 Å².